The summed E-state index contributed by atoms with van der Waals surface area (Å²) in [4.78, 5) is 15.0. The van der Waals surface area contributed by atoms with Gasteiger partial charge in [0.25, 0.3) is 5.91 Å². The summed E-state index contributed by atoms with van der Waals surface area (Å²) in [5, 5.41) is 16.8. The zero-order chi connectivity index (χ0) is 18.3. The summed E-state index contributed by atoms with van der Waals surface area (Å²) in [6, 6.07) is 15.0. The van der Waals surface area contributed by atoms with Crippen LogP contribution < -0.4 is 10.2 Å². The average molecular weight is 343 g/mol. The highest BCUT2D eigenvalue weighted by Gasteiger charge is 2.26. The van der Waals surface area contributed by atoms with Crippen LogP contribution in [0, 0.1) is 18.3 Å². The molecule has 6 nitrogen and oxygen atoms in total. The molecule has 0 saturated heterocycles. The fourth-order valence-electron chi connectivity index (χ4n) is 3.22. The van der Waals surface area contributed by atoms with Gasteiger partial charge in [0.1, 0.15) is 5.82 Å². The number of amides is 1. The van der Waals surface area contributed by atoms with Gasteiger partial charge in [0.2, 0.25) is 0 Å². The van der Waals surface area contributed by atoms with E-state index in [1.54, 1.807) is 34.0 Å². The molecule has 0 aliphatic carbocycles. The third-order valence-corrected chi connectivity index (χ3v) is 4.63. The Labute approximate surface area is 151 Å². The minimum atomic E-state index is -0.108. The highest BCUT2D eigenvalue weighted by molar-refractivity contribution is 6.08. The molecule has 2 heterocycles. The number of nitrogens with zero attached hydrogens (tertiary/aromatic N) is 4. The van der Waals surface area contributed by atoms with Gasteiger partial charge in [-0.2, -0.15) is 10.4 Å². The van der Waals surface area contributed by atoms with Crippen molar-refractivity contribution in [2.24, 2.45) is 7.05 Å². The molecule has 0 radical (unpaired) electrons. The Hall–Kier alpha value is -3.59. The van der Waals surface area contributed by atoms with E-state index in [4.69, 9.17) is 5.26 Å². The molecule has 2 aromatic carbocycles. The molecule has 1 aromatic heterocycles. The second-order valence-electron chi connectivity index (χ2n) is 6.32. The number of aryl methyl sites for hydroxylation is 2. The first-order chi connectivity index (χ1) is 12.6. The Kier molecular flexibility index (Phi) is 3.70. The standard InChI is InChI=1S/C20H17N5O/c1-13-9-14(7-8-15(13)10-21)20(26)25-12-16-11-22-24(2)19(16)23-17-5-3-4-6-18(17)25/h3-9,11,23H,12H2,1-2H3. The SMILES string of the molecule is Cc1cc(C(=O)N2Cc3cnn(C)c3Nc3ccccc32)ccc1C#N. The third kappa shape index (κ3) is 2.50. The van der Waals surface area contributed by atoms with Gasteiger partial charge < -0.3 is 10.2 Å². The lowest BCUT2D eigenvalue weighted by Crippen LogP contribution is -2.30. The number of nitrogens with one attached hydrogen (secondary N) is 1. The van der Waals surface area contributed by atoms with Crippen LogP contribution in [-0.2, 0) is 13.6 Å². The van der Waals surface area contributed by atoms with Crippen molar-refractivity contribution in [1.29, 1.82) is 5.26 Å². The number of nitriles is 1. The lowest BCUT2D eigenvalue weighted by Gasteiger charge is -2.23. The number of carbonyl (C=O) groups excluding carboxylic acids is 1. The van der Waals surface area contributed by atoms with Crippen LogP contribution in [0.4, 0.5) is 17.2 Å². The summed E-state index contributed by atoms with van der Waals surface area (Å²) < 4.78 is 1.77. The maximum absolute atomic E-state index is 13.3. The van der Waals surface area contributed by atoms with Gasteiger partial charge in [-0.3, -0.25) is 9.48 Å². The van der Waals surface area contributed by atoms with Crippen molar-refractivity contribution in [3.8, 4) is 6.07 Å². The molecule has 0 fully saturated rings. The largest absolute Gasteiger partial charge is 0.338 e. The van der Waals surface area contributed by atoms with Gasteiger partial charge in [-0.25, -0.2) is 0 Å². The van der Waals surface area contributed by atoms with E-state index in [0.29, 0.717) is 17.7 Å². The van der Waals surface area contributed by atoms with Gasteiger partial charge in [0.05, 0.1) is 35.7 Å². The van der Waals surface area contributed by atoms with Crippen LogP contribution in [0.15, 0.2) is 48.7 Å². The van der Waals surface area contributed by atoms with Crippen LogP contribution in [0.5, 0.6) is 0 Å². The number of aromatic nitrogens is 2. The maximum atomic E-state index is 13.3. The molecule has 0 bridgehead atoms. The minimum Gasteiger partial charge on any atom is -0.338 e. The van der Waals surface area contributed by atoms with Crippen LogP contribution in [0.2, 0.25) is 0 Å². The predicted molar refractivity (Wildman–Crippen MR) is 99.3 cm³/mol. The number of carbonyl (C=O) groups is 1. The van der Waals surface area contributed by atoms with E-state index in [9.17, 15) is 4.79 Å². The summed E-state index contributed by atoms with van der Waals surface area (Å²) in [5.74, 6) is 0.771. The van der Waals surface area contributed by atoms with E-state index < -0.39 is 0 Å². The molecule has 26 heavy (non-hydrogen) atoms. The predicted octanol–water partition coefficient (Wildman–Crippen LogP) is 3.50. The van der Waals surface area contributed by atoms with Crippen molar-refractivity contribution in [2.75, 3.05) is 10.2 Å². The summed E-state index contributed by atoms with van der Waals surface area (Å²) in [5.41, 5.74) is 4.55. The lowest BCUT2D eigenvalue weighted by molar-refractivity contribution is 0.0985. The number of benzene rings is 2. The molecule has 0 atom stereocenters. The summed E-state index contributed by atoms with van der Waals surface area (Å²) >= 11 is 0. The van der Waals surface area contributed by atoms with E-state index in [1.165, 1.54) is 0 Å². The smallest absolute Gasteiger partial charge is 0.258 e. The van der Waals surface area contributed by atoms with E-state index in [0.717, 1.165) is 28.3 Å². The Morgan fingerprint density at radius 3 is 2.85 bits per heavy atom. The molecular formula is C20H17N5O. The van der Waals surface area contributed by atoms with E-state index in [2.05, 4.69) is 16.5 Å². The zero-order valence-corrected chi connectivity index (χ0v) is 14.5. The Balaban J connectivity index is 1.81. The Morgan fingerprint density at radius 2 is 2.08 bits per heavy atom. The van der Waals surface area contributed by atoms with Gasteiger partial charge in [0, 0.05) is 18.2 Å². The van der Waals surface area contributed by atoms with E-state index >= 15 is 0 Å². The first-order valence-corrected chi connectivity index (χ1v) is 8.28. The van der Waals surface area contributed by atoms with Crippen molar-refractivity contribution in [2.45, 2.75) is 13.5 Å². The minimum absolute atomic E-state index is 0.108. The van der Waals surface area contributed by atoms with E-state index in [-0.39, 0.29) is 5.91 Å². The number of hydrogen-bond donors (Lipinski definition) is 1. The van der Waals surface area contributed by atoms with Crippen molar-refractivity contribution < 1.29 is 4.79 Å². The number of anilines is 3. The first-order valence-electron chi connectivity index (χ1n) is 8.28. The van der Waals surface area contributed by atoms with Crippen LogP contribution in [0.1, 0.15) is 27.0 Å². The summed E-state index contributed by atoms with van der Waals surface area (Å²) in [6.07, 6.45) is 1.78. The topological polar surface area (TPSA) is 74.0 Å². The van der Waals surface area contributed by atoms with Crippen LogP contribution >= 0.6 is 0 Å². The monoisotopic (exact) mass is 343 g/mol. The van der Waals surface area contributed by atoms with Crippen molar-refractivity contribution in [3.05, 3.63) is 70.9 Å². The number of fused-ring (bicyclic) bond motifs is 2. The molecular weight excluding hydrogens is 326 g/mol. The fourth-order valence-corrected chi connectivity index (χ4v) is 3.22. The lowest BCUT2D eigenvalue weighted by atomic mass is 10.0. The highest BCUT2D eigenvalue weighted by atomic mass is 16.2. The van der Waals surface area contributed by atoms with Gasteiger partial charge in [-0.05, 0) is 42.8 Å². The number of hydrogen-bond acceptors (Lipinski definition) is 4. The molecule has 1 aliphatic rings. The maximum Gasteiger partial charge on any atom is 0.258 e. The molecule has 1 amide bonds. The van der Waals surface area contributed by atoms with Crippen LogP contribution in [0.3, 0.4) is 0 Å². The van der Waals surface area contributed by atoms with Crippen LogP contribution in [-0.4, -0.2) is 15.7 Å². The van der Waals surface area contributed by atoms with Crippen molar-refractivity contribution in [1.82, 2.24) is 9.78 Å². The molecule has 4 rings (SSSR count). The van der Waals surface area contributed by atoms with Gasteiger partial charge in [-0.15, -0.1) is 0 Å². The second kappa shape index (κ2) is 6.05. The van der Waals surface area contributed by atoms with Gasteiger partial charge in [0.15, 0.2) is 0 Å². The molecule has 3 aromatic rings. The average Bonchev–Trinajstić information content (AvgIpc) is 2.90. The molecule has 6 heteroatoms. The molecule has 1 N–H and O–H groups in total. The normalized spacial score (nSPS) is 12.4. The summed E-state index contributed by atoms with van der Waals surface area (Å²) in [6.45, 7) is 2.26. The zero-order valence-electron chi connectivity index (χ0n) is 14.5. The molecule has 128 valence electrons. The molecule has 1 aliphatic heterocycles. The van der Waals surface area contributed by atoms with E-state index in [1.807, 2.05) is 38.2 Å². The summed E-state index contributed by atoms with van der Waals surface area (Å²) in [7, 11) is 1.87. The Morgan fingerprint density at radius 1 is 1.27 bits per heavy atom. The molecule has 0 spiro atoms. The third-order valence-electron chi connectivity index (χ3n) is 4.63. The molecule has 0 unspecified atom stereocenters. The second-order valence-corrected chi connectivity index (χ2v) is 6.32. The first kappa shape index (κ1) is 15.9. The number of para-hydroxylation sites is 2. The number of rotatable bonds is 1. The quantitative estimate of drug-likeness (QED) is 0.734. The van der Waals surface area contributed by atoms with Gasteiger partial charge in [-0.1, -0.05) is 12.1 Å². The van der Waals surface area contributed by atoms with Crippen molar-refractivity contribution in [3.63, 3.8) is 0 Å². The Bertz CT molecular complexity index is 1060. The fraction of sp³-hybridized carbons (Fsp3) is 0.150. The highest BCUT2D eigenvalue weighted by Crippen LogP contribution is 2.36. The molecule has 0 saturated carbocycles. The van der Waals surface area contributed by atoms with Crippen molar-refractivity contribution >= 4 is 23.1 Å². The van der Waals surface area contributed by atoms with Gasteiger partial charge >= 0.3 is 0 Å². The van der Waals surface area contributed by atoms with Crippen LogP contribution in [0.25, 0.3) is 0 Å².